The van der Waals surface area contributed by atoms with Gasteiger partial charge in [0.25, 0.3) is 0 Å². The van der Waals surface area contributed by atoms with Gasteiger partial charge in [-0.3, -0.25) is 9.97 Å². The molecular weight excluding hydrogens is 148 g/mol. The van der Waals surface area contributed by atoms with Gasteiger partial charge in [0.05, 0.1) is 0 Å². The van der Waals surface area contributed by atoms with E-state index in [0.717, 1.165) is 11.1 Å². The van der Waals surface area contributed by atoms with Crippen LogP contribution in [0.4, 0.5) is 0 Å². The van der Waals surface area contributed by atoms with E-state index in [2.05, 4.69) is 22.1 Å². The topological polar surface area (TPSA) is 25.8 Å². The van der Waals surface area contributed by atoms with Crippen LogP contribution in [0.25, 0.3) is 11.1 Å². The van der Waals surface area contributed by atoms with Gasteiger partial charge in [0.2, 0.25) is 0 Å². The van der Waals surface area contributed by atoms with Gasteiger partial charge in [-0.2, -0.15) is 0 Å². The van der Waals surface area contributed by atoms with Gasteiger partial charge in [-0.15, -0.1) is 0 Å². The Labute approximate surface area is 70.9 Å². The smallest absolute Gasteiger partial charge is 0.0347 e. The molecule has 0 amide bonds. The van der Waals surface area contributed by atoms with Crippen molar-refractivity contribution in [2.45, 2.75) is 0 Å². The Kier molecular flexibility index (Phi) is 1.82. The van der Waals surface area contributed by atoms with E-state index < -0.39 is 0 Å². The highest BCUT2D eigenvalue weighted by atomic mass is 14.6. The van der Waals surface area contributed by atoms with Gasteiger partial charge in [0.15, 0.2) is 0 Å². The fourth-order valence-electron chi connectivity index (χ4n) is 0.966. The standard InChI is InChI=1S/C10H6N2/c1-3-9(7-11-5-1)10-4-2-6-12-8-10/h3-8H. The van der Waals surface area contributed by atoms with E-state index in [-0.39, 0.29) is 0 Å². The summed E-state index contributed by atoms with van der Waals surface area (Å²) in [5.74, 6) is 0. The minimum Gasteiger partial charge on any atom is -0.263 e. The fraction of sp³-hybridized carbons (Fsp3) is 0. The summed E-state index contributed by atoms with van der Waals surface area (Å²) in [4.78, 5) is 7.93. The molecule has 2 nitrogen and oxygen atoms in total. The minimum absolute atomic E-state index is 1.02. The molecule has 0 N–H and O–H groups in total. The summed E-state index contributed by atoms with van der Waals surface area (Å²) < 4.78 is 0. The van der Waals surface area contributed by atoms with Gasteiger partial charge in [-0.05, 0) is 12.1 Å². The van der Waals surface area contributed by atoms with Crippen LogP contribution in [0.3, 0.4) is 0 Å². The van der Waals surface area contributed by atoms with E-state index in [1.54, 1.807) is 24.8 Å². The number of pyridine rings is 2. The quantitative estimate of drug-likeness (QED) is 0.625. The summed E-state index contributed by atoms with van der Waals surface area (Å²) in [5.41, 5.74) is 2.03. The highest BCUT2D eigenvalue weighted by Gasteiger charge is 1.94. The van der Waals surface area contributed by atoms with Crippen LogP contribution in [0.5, 0.6) is 0 Å². The van der Waals surface area contributed by atoms with Crippen LogP contribution in [0.15, 0.2) is 36.9 Å². The zero-order valence-corrected chi connectivity index (χ0v) is 6.36. The van der Waals surface area contributed by atoms with E-state index in [1.165, 1.54) is 0 Å². The number of aromatic nitrogens is 2. The molecule has 2 rings (SSSR count). The lowest BCUT2D eigenvalue weighted by Crippen LogP contribution is -1.79. The average Bonchev–Trinajstić information content (AvgIpc) is 2.21. The third-order valence-corrected chi connectivity index (χ3v) is 1.54. The molecule has 2 aromatic rings. The van der Waals surface area contributed by atoms with Crippen LogP contribution in [0.2, 0.25) is 0 Å². The molecular formula is C10H6N2. The molecule has 2 heterocycles. The Morgan fingerprint density at radius 2 is 1.33 bits per heavy atom. The van der Waals surface area contributed by atoms with Crippen molar-refractivity contribution in [3.63, 3.8) is 0 Å². The summed E-state index contributed by atoms with van der Waals surface area (Å²) >= 11 is 0. The lowest BCUT2D eigenvalue weighted by atomic mass is 10.1. The highest BCUT2D eigenvalue weighted by Crippen LogP contribution is 2.14. The lowest BCUT2D eigenvalue weighted by molar-refractivity contribution is 1.29. The third-order valence-electron chi connectivity index (χ3n) is 1.54. The molecule has 12 heavy (non-hydrogen) atoms. The Morgan fingerprint density at radius 3 is 1.67 bits per heavy atom. The van der Waals surface area contributed by atoms with E-state index in [1.807, 2.05) is 12.1 Å². The molecule has 0 aliphatic carbocycles. The monoisotopic (exact) mass is 154 g/mol. The third kappa shape index (κ3) is 1.32. The fourth-order valence-corrected chi connectivity index (χ4v) is 0.966. The second-order valence-electron chi connectivity index (χ2n) is 2.35. The Balaban J connectivity index is 2.46. The van der Waals surface area contributed by atoms with E-state index in [0.29, 0.717) is 0 Å². The molecule has 0 bridgehead atoms. The zero-order chi connectivity index (χ0) is 8.23. The molecule has 0 fully saturated rings. The van der Waals surface area contributed by atoms with E-state index in [9.17, 15) is 0 Å². The number of hydrogen-bond donors (Lipinski definition) is 0. The summed E-state index contributed by atoms with van der Waals surface area (Å²) in [5, 5.41) is 0. The molecule has 0 aromatic carbocycles. The van der Waals surface area contributed by atoms with E-state index >= 15 is 0 Å². The second kappa shape index (κ2) is 3.13. The largest absolute Gasteiger partial charge is 0.263 e. The minimum atomic E-state index is 1.02. The lowest BCUT2D eigenvalue weighted by Gasteiger charge is -1.96. The van der Waals surface area contributed by atoms with Gasteiger partial charge in [0, 0.05) is 48.0 Å². The van der Waals surface area contributed by atoms with Crippen LogP contribution >= 0.6 is 0 Å². The van der Waals surface area contributed by atoms with Gasteiger partial charge in [-0.1, -0.05) is 0 Å². The highest BCUT2D eigenvalue weighted by molar-refractivity contribution is 5.60. The molecule has 2 heteroatoms. The van der Waals surface area contributed by atoms with E-state index in [4.69, 9.17) is 0 Å². The molecule has 0 aliphatic rings. The van der Waals surface area contributed by atoms with Gasteiger partial charge >= 0.3 is 0 Å². The predicted octanol–water partition coefficient (Wildman–Crippen LogP) is 1.74. The normalized spacial score (nSPS) is 9.67. The molecule has 0 spiro atoms. The van der Waals surface area contributed by atoms with Gasteiger partial charge in [0.1, 0.15) is 0 Å². The van der Waals surface area contributed by atoms with Crippen LogP contribution in [-0.2, 0) is 0 Å². The van der Waals surface area contributed by atoms with Crippen molar-refractivity contribution in [2.24, 2.45) is 0 Å². The molecule has 0 aliphatic heterocycles. The number of nitrogens with zero attached hydrogens (tertiary/aromatic N) is 2. The molecule has 0 saturated heterocycles. The summed E-state index contributed by atoms with van der Waals surface area (Å²) in [6.45, 7) is 0. The molecule has 2 radical (unpaired) electrons. The summed E-state index contributed by atoms with van der Waals surface area (Å²) in [6, 6.07) is 9.56. The van der Waals surface area contributed by atoms with Crippen molar-refractivity contribution in [1.29, 1.82) is 0 Å². The maximum atomic E-state index is 3.96. The van der Waals surface area contributed by atoms with Crippen LogP contribution in [0, 0.1) is 12.1 Å². The zero-order valence-electron chi connectivity index (χ0n) is 6.36. The Morgan fingerprint density at radius 1 is 0.833 bits per heavy atom. The van der Waals surface area contributed by atoms with Crippen molar-refractivity contribution in [3.8, 4) is 11.1 Å². The van der Waals surface area contributed by atoms with Crippen LogP contribution in [-0.4, -0.2) is 9.97 Å². The maximum Gasteiger partial charge on any atom is 0.0347 e. The van der Waals surface area contributed by atoms with Gasteiger partial charge in [-0.25, -0.2) is 0 Å². The average molecular weight is 154 g/mol. The first-order valence-electron chi connectivity index (χ1n) is 3.59. The molecule has 0 saturated carbocycles. The van der Waals surface area contributed by atoms with Crippen molar-refractivity contribution in [2.75, 3.05) is 0 Å². The Bertz CT molecular complexity index is 305. The van der Waals surface area contributed by atoms with Crippen molar-refractivity contribution in [3.05, 3.63) is 49.1 Å². The number of rotatable bonds is 1. The predicted molar refractivity (Wildman–Crippen MR) is 45.1 cm³/mol. The first-order valence-corrected chi connectivity index (χ1v) is 3.59. The molecule has 0 atom stereocenters. The SMILES string of the molecule is [c]1cncc(-c2c[c]cnc2)c1. The van der Waals surface area contributed by atoms with Gasteiger partial charge < -0.3 is 0 Å². The molecule has 2 aromatic heterocycles. The van der Waals surface area contributed by atoms with Crippen LogP contribution in [0.1, 0.15) is 0 Å². The first-order chi connectivity index (χ1) is 5.97. The van der Waals surface area contributed by atoms with Crippen molar-refractivity contribution >= 4 is 0 Å². The Hall–Kier alpha value is -1.70. The molecule has 56 valence electrons. The number of hydrogen-bond acceptors (Lipinski definition) is 2. The summed E-state index contributed by atoms with van der Waals surface area (Å²) in [7, 11) is 0. The van der Waals surface area contributed by atoms with Crippen molar-refractivity contribution < 1.29 is 0 Å². The maximum absolute atomic E-state index is 3.96. The summed E-state index contributed by atoms with van der Waals surface area (Å²) in [6.07, 6.45) is 6.82. The second-order valence-corrected chi connectivity index (χ2v) is 2.35. The molecule has 0 unspecified atom stereocenters. The first kappa shape index (κ1) is 6.98. The van der Waals surface area contributed by atoms with Crippen LogP contribution < -0.4 is 0 Å². The van der Waals surface area contributed by atoms with Crippen molar-refractivity contribution in [1.82, 2.24) is 9.97 Å².